The van der Waals surface area contributed by atoms with Crippen molar-refractivity contribution >= 4 is 57.4 Å². The van der Waals surface area contributed by atoms with Crippen molar-refractivity contribution in [1.82, 2.24) is 10.2 Å². The summed E-state index contributed by atoms with van der Waals surface area (Å²) in [6, 6.07) is 25.5. The molecule has 1 aliphatic heterocycles. The van der Waals surface area contributed by atoms with Gasteiger partial charge in [-0.05, 0) is 53.6 Å². The average Bonchev–Trinajstić information content (AvgIpc) is 3.29. The number of amides is 3. The molecule has 4 aromatic carbocycles. The number of hydrogen-bond acceptors (Lipinski definition) is 3. The number of nitrogens with zero attached hydrogens (tertiary/aromatic N) is 2. The number of carbonyl (C=O) groups excluding carboxylic acids is 3. The Morgan fingerprint density at radius 2 is 1.60 bits per heavy atom. The summed E-state index contributed by atoms with van der Waals surface area (Å²) in [5.74, 6) is -0.743. The molecule has 1 fully saturated rings. The van der Waals surface area contributed by atoms with E-state index in [1.54, 1.807) is 23.1 Å². The molecule has 4 aromatic rings. The molecule has 0 unspecified atom stereocenters. The lowest BCUT2D eigenvalue weighted by atomic mass is 9.94. The second-order valence-corrected chi connectivity index (χ2v) is 12.2. The Bertz CT molecular complexity index is 1660. The highest BCUT2D eigenvalue weighted by atomic mass is 35.5. The lowest BCUT2D eigenvalue weighted by Crippen LogP contribution is -2.54. The number of nitrogens with one attached hydrogen (secondary N) is 1. The van der Waals surface area contributed by atoms with Crippen molar-refractivity contribution in [3.63, 3.8) is 0 Å². The number of rotatable bonds is 9. The summed E-state index contributed by atoms with van der Waals surface area (Å²) < 4.78 is 0. The van der Waals surface area contributed by atoms with Crippen molar-refractivity contribution in [3.8, 4) is 0 Å². The van der Waals surface area contributed by atoms with Crippen molar-refractivity contribution in [1.29, 1.82) is 0 Å². The van der Waals surface area contributed by atoms with Gasteiger partial charge in [0.25, 0.3) is 5.91 Å². The Hall–Kier alpha value is -3.87. The molecule has 1 heterocycles. The first kappa shape index (κ1) is 29.2. The lowest BCUT2D eigenvalue weighted by molar-refractivity contribution is -0.140. The summed E-state index contributed by atoms with van der Waals surface area (Å²) >= 11 is 12.6. The molecule has 1 saturated carbocycles. The van der Waals surface area contributed by atoms with Gasteiger partial charge in [0.15, 0.2) is 0 Å². The number of anilines is 1. The second-order valence-electron chi connectivity index (χ2n) is 11.4. The van der Waals surface area contributed by atoms with Crippen LogP contribution in [0.4, 0.5) is 5.69 Å². The maximum absolute atomic E-state index is 14.4. The quantitative estimate of drug-likeness (QED) is 0.217. The lowest BCUT2D eigenvalue weighted by Gasteiger charge is -2.34. The first-order valence-corrected chi connectivity index (χ1v) is 15.6. The minimum absolute atomic E-state index is 0.0775. The fourth-order valence-electron chi connectivity index (χ4n) is 6.30. The van der Waals surface area contributed by atoms with Crippen LogP contribution in [0.15, 0.2) is 84.9 Å². The molecule has 6 rings (SSSR count). The zero-order valence-electron chi connectivity index (χ0n) is 23.8. The molecular weight excluding hydrogens is 581 g/mol. The van der Waals surface area contributed by atoms with E-state index in [0.29, 0.717) is 27.7 Å². The molecule has 0 aromatic heterocycles. The molecule has 0 bridgehead atoms. The standard InChI is InChI=1S/C35H33Cl2N3O3/c36-28-18-17-24(19-29(28)37)21-39(31(20-23-9-3-1-4-10-23)34(42)38-26-13-5-2-6-14-26)32(41)22-40-30-16-8-12-25-11-7-15-27(33(25)30)35(40)43/h1,3-4,7-12,15-19,26,31H,2,5-6,13-14,20-22H2,(H,38,42)/t31-/m0/s1. The smallest absolute Gasteiger partial charge is 0.259 e. The Morgan fingerprint density at radius 3 is 2.35 bits per heavy atom. The van der Waals surface area contributed by atoms with Crippen LogP contribution in [-0.4, -0.2) is 41.2 Å². The van der Waals surface area contributed by atoms with Crippen molar-refractivity contribution in [3.05, 3.63) is 112 Å². The van der Waals surface area contributed by atoms with E-state index in [1.165, 1.54) is 11.3 Å². The molecule has 6 nitrogen and oxygen atoms in total. The zero-order valence-corrected chi connectivity index (χ0v) is 25.3. The summed E-state index contributed by atoms with van der Waals surface area (Å²) in [6.07, 6.45) is 5.49. The predicted molar refractivity (Wildman–Crippen MR) is 172 cm³/mol. The van der Waals surface area contributed by atoms with E-state index < -0.39 is 6.04 Å². The minimum Gasteiger partial charge on any atom is -0.352 e. The molecule has 3 amide bonds. The summed E-state index contributed by atoms with van der Waals surface area (Å²) in [5, 5.41) is 5.82. The van der Waals surface area contributed by atoms with Gasteiger partial charge in [-0.15, -0.1) is 0 Å². The van der Waals surface area contributed by atoms with E-state index in [2.05, 4.69) is 5.32 Å². The number of benzene rings is 4. The third-order valence-electron chi connectivity index (χ3n) is 8.50. The fraction of sp³-hybridized carbons (Fsp3) is 0.286. The predicted octanol–water partition coefficient (Wildman–Crippen LogP) is 7.20. The molecule has 0 spiro atoms. The first-order valence-electron chi connectivity index (χ1n) is 14.8. The molecule has 43 heavy (non-hydrogen) atoms. The maximum atomic E-state index is 14.4. The Morgan fingerprint density at radius 1 is 0.860 bits per heavy atom. The summed E-state index contributed by atoms with van der Waals surface area (Å²) in [6.45, 7) is -0.0690. The SMILES string of the molecule is O=C(NC1CCCCC1)[C@H](Cc1ccccc1)N(Cc1ccc(Cl)c(Cl)c1)C(=O)CN1C(=O)c2cccc3cccc1c23. The fourth-order valence-corrected chi connectivity index (χ4v) is 6.62. The van der Waals surface area contributed by atoms with Gasteiger partial charge >= 0.3 is 0 Å². The van der Waals surface area contributed by atoms with Crippen LogP contribution < -0.4 is 10.2 Å². The molecule has 1 N–H and O–H groups in total. The van der Waals surface area contributed by atoms with Gasteiger partial charge in [0.05, 0.1) is 15.7 Å². The van der Waals surface area contributed by atoms with Gasteiger partial charge in [-0.2, -0.15) is 0 Å². The van der Waals surface area contributed by atoms with Gasteiger partial charge in [0.1, 0.15) is 12.6 Å². The van der Waals surface area contributed by atoms with Crippen LogP contribution in [0.1, 0.15) is 53.6 Å². The Kier molecular flexibility index (Phi) is 8.68. The summed E-state index contributed by atoms with van der Waals surface area (Å²) in [7, 11) is 0. The van der Waals surface area contributed by atoms with Gasteiger partial charge in [0, 0.05) is 30.0 Å². The van der Waals surface area contributed by atoms with Crippen molar-refractivity contribution in [2.45, 2.75) is 57.2 Å². The molecule has 1 atom stereocenters. The summed E-state index contributed by atoms with van der Waals surface area (Å²) in [4.78, 5) is 45.2. The van der Waals surface area contributed by atoms with E-state index in [1.807, 2.05) is 66.7 Å². The van der Waals surface area contributed by atoms with Crippen LogP contribution in [0.5, 0.6) is 0 Å². The molecular formula is C35H33Cl2N3O3. The van der Waals surface area contributed by atoms with Crippen molar-refractivity contribution in [2.24, 2.45) is 0 Å². The van der Waals surface area contributed by atoms with Crippen LogP contribution in [0.25, 0.3) is 10.8 Å². The van der Waals surface area contributed by atoms with E-state index in [9.17, 15) is 14.4 Å². The van der Waals surface area contributed by atoms with E-state index in [4.69, 9.17) is 23.2 Å². The number of carbonyl (C=O) groups is 3. The van der Waals surface area contributed by atoms with Gasteiger partial charge in [-0.1, -0.05) is 103 Å². The Labute approximate surface area is 261 Å². The molecule has 1 aliphatic carbocycles. The normalized spacial score (nSPS) is 15.5. The molecule has 0 radical (unpaired) electrons. The van der Waals surface area contributed by atoms with Crippen LogP contribution >= 0.6 is 23.2 Å². The summed E-state index contributed by atoms with van der Waals surface area (Å²) in [5.41, 5.74) is 2.96. The van der Waals surface area contributed by atoms with Crippen LogP contribution in [0.3, 0.4) is 0 Å². The number of halogens is 2. The largest absolute Gasteiger partial charge is 0.352 e. The first-order chi connectivity index (χ1) is 20.9. The van der Waals surface area contributed by atoms with E-state index >= 15 is 0 Å². The highest BCUT2D eigenvalue weighted by molar-refractivity contribution is 6.42. The van der Waals surface area contributed by atoms with Gasteiger partial charge < -0.3 is 10.2 Å². The van der Waals surface area contributed by atoms with E-state index in [0.717, 1.165) is 47.6 Å². The van der Waals surface area contributed by atoms with Crippen LogP contribution in [-0.2, 0) is 22.6 Å². The minimum atomic E-state index is -0.804. The third-order valence-corrected chi connectivity index (χ3v) is 9.24. The zero-order chi connectivity index (χ0) is 29.9. The molecule has 220 valence electrons. The molecule has 2 aliphatic rings. The monoisotopic (exact) mass is 613 g/mol. The van der Waals surface area contributed by atoms with E-state index in [-0.39, 0.29) is 36.9 Å². The highest BCUT2D eigenvalue weighted by Gasteiger charge is 2.36. The number of hydrogen-bond donors (Lipinski definition) is 1. The average molecular weight is 615 g/mol. The van der Waals surface area contributed by atoms with Gasteiger partial charge in [-0.25, -0.2) is 0 Å². The highest BCUT2D eigenvalue weighted by Crippen LogP contribution is 2.37. The van der Waals surface area contributed by atoms with Crippen LogP contribution in [0.2, 0.25) is 10.0 Å². The molecule has 0 saturated heterocycles. The van der Waals surface area contributed by atoms with Crippen LogP contribution in [0, 0.1) is 0 Å². The third kappa shape index (κ3) is 6.27. The van der Waals surface area contributed by atoms with Gasteiger partial charge in [-0.3, -0.25) is 19.3 Å². The topological polar surface area (TPSA) is 69.7 Å². The molecule has 8 heteroatoms. The van der Waals surface area contributed by atoms with Crippen molar-refractivity contribution < 1.29 is 14.4 Å². The second kappa shape index (κ2) is 12.8. The Balaban J connectivity index is 1.35. The maximum Gasteiger partial charge on any atom is 0.259 e. The van der Waals surface area contributed by atoms with Crippen molar-refractivity contribution in [2.75, 3.05) is 11.4 Å². The van der Waals surface area contributed by atoms with Gasteiger partial charge in [0.2, 0.25) is 11.8 Å².